The molecule has 62 valence electrons. The number of benzene rings is 1. The van der Waals surface area contributed by atoms with Crippen LogP contribution in [0.4, 0.5) is 11.4 Å². The molecule has 1 aliphatic heterocycles. The molecule has 5 nitrogen and oxygen atoms in total. The molecule has 0 aliphatic carbocycles. The van der Waals surface area contributed by atoms with Crippen LogP contribution in [-0.4, -0.2) is 10.2 Å². The SMILES string of the molecule is O=c1[nH]nc2cccc3c2c1N=N3. The average molecular weight is 172 g/mol. The van der Waals surface area contributed by atoms with Crippen molar-refractivity contribution in [2.45, 2.75) is 0 Å². The lowest BCUT2D eigenvalue weighted by Crippen LogP contribution is -2.06. The smallest absolute Gasteiger partial charge is 0.265 e. The van der Waals surface area contributed by atoms with Crippen LogP contribution in [0.3, 0.4) is 0 Å². The van der Waals surface area contributed by atoms with Gasteiger partial charge in [-0.2, -0.15) is 5.10 Å². The van der Waals surface area contributed by atoms with Crippen molar-refractivity contribution in [1.29, 1.82) is 0 Å². The monoisotopic (exact) mass is 172 g/mol. The third-order valence-electron chi connectivity index (χ3n) is 2.01. The lowest BCUT2D eigenvalue weighted by atomic mass is 10.2. The maximum Gasteiger partial charge on any atom is 0.292 e. The summed E-state index contributed by atoms with van der Waals surface area (Å²) in [4.78, 5) is 11.2. The van der Waals surface area contributed by atoms with Gasteiger partial charge in [-0.25, -0.2) is 5.10 Å². The molecule has 3 rings (SSSR count). The lowest BCUT2D eigenvalue weighted by Gasteiger charge is -1.94. The van der Waals surface area contributed by atoms with Gasteiger partial charge in [-0.15, -0.1) is 10.2 Å². The molecule has 1 N–H and O–H groups in total. The van der Waals surface area contributed by atoms with E-state index in [4.69, 9.17) is 0 Å². The number of azo groups is 1. The highest BCUT2D eigenvalue weighted by Gasteiger charge is 2.15. The Morgan fingerprint density at radius 1 is 1.23 bits per heavy atom. The largest absolute Gasteiger partial charge is 0.292 e. The standard InChI is InChI=1S/C8H4N4O/c13-8-7-6-4(9-11-7)2-1-3-5(6)10-12-8/h1-3H,(H,12,13). The van der Waals surface area contributed by atoms with Crippen molar-refractivity contribution in [2.24, 2.45) is 10.2 Å². The van der Waals surface area contributed by atoms with E-state index in [9.17, 15) is 4.79 Å². The molecule has 2 heterocycles. The van der Waals surface area contributed by atoms with E-state index >= 15 is 0 Å². The molecule has 5 heteroatoms. The quantitative estimate of drug-likeness (QED) is 0.560. The minimum absolute atomic E-state index is 0.291. The van der Waals surface area contributed by atoms with E-state index in [-0.39, 0.29) is 5.56 Å². The summed E-state index contributed by atoms with van der Waals surface area (Å²) in [6.45, 7) is 0. The molecule has 0 bridgehead atoms. The van der Waals surface area contributed by atoms with Crippen molar-refractivity contribution in [3.8, 4) is 0 Å². The number of nitrogens with one attached hydrogen (secondary N) is 1. The molecule has 1 aliphatic rings. The van der Waals surface area contributed by atoms with E-state index in [2.05, 4.69) is 20.4 Å². The maximum absolute atomic E-state index is 11.2. The number of rotatable bonds is 0. The summed E-state index contributed by atoms with van der Waals surface area (Å²) in [6.07, 6.45) is 0. The van der Waals surface area contributed by atoms with Gasteiger partial charge in [0, 0.05) is 0 Å². The molecular weight excluding hydrogens is 168 g/mol. The Morgan fingerprint density at radius 2 is 2.15 bits per heavy atom. The number of nitrogens with zero attached hydrogens (tertiary/aromatic N) is 3. The third kappa shape index (κ3) is 0.703. The predicted octanol–water partition coefficient (Wildman–Crippen LogP) is 1.65. The van der Waals surface area contributed by atoms with Crippen LogP contribution in [0.25, 0.3) is 10.9 Å². The number of aromatic amines is 1. The van der Waals surface area contributed by atoms with Crippen LogP contribution in [0.15, 0.2) is 33.2 Å². The van der Waals surface area contributed by atoms with Crippen LogP contribution < -0.4 is 5.56 Å². The molecule has 1 aromatic carbocycles. The minimum Gasteiger partial charge on any atom is -0.265 e. The van der Waals surface area contributed by atoms with Crippen molar-refractivity contribution in [3.05, 3.63) is 28.6 Å². The van der Waals surface area contributed by atoms with Crippen molar-refractivity contribution in [3.63, 3.8) is 0 Å². The van der Waals surface area contributed by atoms with Crippen molar-refractivity contribution < 1.29 is 0 Å². The predicted molar refractivity (Wildman–Crippen MR) is 46.5 cm³/mol. The lowest BCUT2D eigenvalue weighted by molar-refractivity contribution is 1.03. The Morgan fingerprint density at radius 3 is 3.08 bits per heavy atom. The zero-order chi connectivity index (χ0) is 8.84. The second kappa shape index (κ2) is 2.01. The van der Waals surface area contributed by atoms with Crippen molar-refractivity contribution >= 4 is 22.3 Å². The van der Waals surface area contributed by atoms with Crippen LogP contribution in [0, 0.1) is 0 Å². The molecule has 0 saturated heterocycles. The number of hydrogen-bond donors (Lipinski definition) is 1. The van der Waals surface area contributed by atoms with Gasteiger partial charge in [-0.3, -0.25) is 4.79 Å². The summed E-state index contributed by atoms with van der Waals surface area (Å²) in [5.41, 5.74) is 1.50. The number of aromatic nitrogens is 2. The first kappa shape index (κ1) is 6.47. The minimum atomic E-state index is -0.291. The molecule has 1 aromatic heterocycles. The Labute approximate surface area is 72.1 Å². The van der Waals surface area contributed by atoms with E-state index < -0.39 is 0 Å². The van der Waals surface area contributed by atoms with Crippen LogP contribution in [0.1, 0.15) is 0 Å². The van der Waals surface area contributed by atoms with Crippen LogP contribution in [-0.2, 0) is 0 Å². The Hall–Kier alpha value is -2.04. The molecule has 0 fully saturated rings. The Kier molecular flexibility index (Phi) is 0.999. The van der Waals surface area contributed by atoms with E-state index in [0.29, 0.717) is 11.4 Å². The van der Waals surface area contributed by atoms with E-state index in [0.717, 1.165) is 10.9 Å². The molecule has 0 amide bonds. The summed E-state index contributed by atoms with van der Waals surface area (Å²) in [6, 6.07) is 5.45. The highest BCUT2D eigenvalue weighted by molar-refractivity contribution is 5.99. The van der Waals surface area contributed by atoms with Gasteiger partial charge in [-0.05, 0) is 12.1 Å². The zero-order valence-electron chi connectivity index (χ0n) is 6.48. The summed E-state index contributed by atoms with van der Waals surface area (Å²) in [5, 5.41) is 14.6. The Balaban J connectivity index is 2.70. The molecule has 0 unspecified atom stereocenters. The first-order valence-corrected chi connectivity index (χ1v) is 3.79. The van der Waals surface area contributed by atoms with Gasteiger partial charge in [0.25, 0.3) is 5.56 Å². The molecule has 0 radical (unpaired) electrons. The van der Waals surface area contributed by atoms with Crippen molar-refractivity contribution in [2.75, 3.05) is 0 Å². The maximum atomic E-state index is 11.2. The third-order valence-corrected chi connectivity index (χ3v) is 2.01. The highest BCUT2D eigenvalue weighted by atomic mass is 16.1. The van der Waals surface area contributed by atoms with Gasteiger partial charge < -0.3 is 0 Å². The second-order valence-corrected chi connectivity index (χ2v) is 2.77. The second-order valence-electron chi connectivity index (χ2n) is 2.77. The summed E-state index contributed by atoms with van der Waals surface area (Å²) in [5.74, 6) is 0. The summed E-state index contributed by atoms with van der Waals surface area (Å²) in [7, 11) is 0. The molecule has 0 atom stereocenters. The van der Waals surface area contributed by atoms with Gasteiger partial charge in [0.15, 0.2) is 5.69 Å². The van der Waals surface area contributed by atoms with Crippen molar-refractivity contribution in [1.82, 2.24) is 10.2 Å². The fourth-order valence-electron chi connectivity index (χ4n) is 1.42. The first-order chi connectivity index (χ1) is 6.36. The van der Waals surface area contributed by atoms with Gasteiger partial charge >= 0.3 is 0 Å². The van der Waals surface area contributed by atoms with Gasteiger partial charge in [0.1, 0.15) is 0 Å². The van der Waals surface area contributed by atoms with Gasteiger partial charge in [-0.1, -0.05) is 6.07 Å². The Bertz CT molecular complexity index is 584. The highest BCUT2D eigenvalue weighted by Crippen LogP contribution is 2.36. The summed E-state index contributed by atoms with van der Waals surface area (Å²) < 4.78 is 0. The normalized spacial score (nSPS) is 12.6. The van der Waals surface area contributed by atoms with E-state index in [1.165, 1.54) is 0 Å². The van der Waals surface area contributed by atoms with Gasteiger partial charge in [0.05, 0.1) is 16.6 Å². The molecule has 0 saturated carbocycles. The van der Waals surface area contributed by atoms with Crippen LogP contribution >= 0.6 is 0 Å². The topological polar surface area (TPSA) is 70.5 Å². The fourth-order valence-corrected chi connectivity index (χ4v) is 1.42. The molecule has 0 spiro atoms. The van der Waals surface area contributed by atoms with Crippen LogP contribution in [0.2, 0.25) is 0 Å². The summed E-state index contributed by atoms with van der Waals surface area (Å²) >= 11 is 0. The first-order valence-electron chi connectivity index (χ1n) is 3.79. The van der Waals surface area contributed by atoms with E-state index in [1.54, 1.807) is 0 Å². The van der Waals surface area contributed by atoms with E-state index in [1.807, 2.05) is 18.2 Å². The molecule has 2 aromatic rings. The number of hydrogen-bond acceptors (Lipinski definition) is 4. The van der Waals surface area contributed by atoms with Gasteiger partial charge in [0.2, 0.25) is 0 Å². The molecule has 13 heavy (non-hydrogen) atoms. The average Bonchev–Trinajstić information content (AvgIpc) is 2.57. The fraction of sp³-hybridized carbons (Fsp3) is 0. The molecular formula is C8H4N4O. The number of H-pyrrole nitrogens is 1. The zero-order valence-corrected chi connectivity index (χ0v) is 6.48. The van der Waals surface area contributed by atoms with Crippen LogP contribution in [0.5, 0.6) is 0 Å².